The van der Waals surface area contributed by atoms with Gasteiger partial charge in [-0.05, 0) is 85.6 Å². The number of phenols is 1. The second-order valence-electron chi connectivity index (χ2n) is 12.7. The topological polar surface area (TPSA) is 90.5 Å². The van der Waals surface area contributed by atoms with E-state index in [1.54, 1.807) is 6.07 Å². The molecule has 3 saturated carbocycles. The van der Waals surface area contributed by atoms with Gasteiger partial charge in [0.1, 0.15) is 5.75 Å². The molecule has 2 amide bonds. The van der Waals surface area contributed by atoms with Crippen LogP contribution in [0.25, 0.3) is 5.70 Å². The predicted octanol–water partition coefficient (Wildman–Crippen LogP) is 5.84. The first-order valence-corrected chi connectivity index (χ1v) is 14.5. The molecule has 1 aliphatic heterocycles. The maximum Gasteiger partial charge on any atom is 0.255 e. The highest BCUT2D eigenvalue weighted by atomic mass is 16.3. The monoisotopic (exact) mass is 531 g/mol. The second kappa shape index (κ2) is 8.23. The highest BCUT2D eigenvalue weighted by Crippen LogP contribution is 2.81. The summed E-state index contributed by atoms with van der Waals surface area (Å²) >= 11 is 0. The number of aryl methyl sites for hydroxylation is 1. The maximum atomic E-state index is 13.3. The zero-order valence-corrected chi connectivity index (χ0v) is 22.5. The number of carbonyl (C=O) groups excluding carboxylic acids is 2. The van der Waals surface area contributed by atoms with E-state index in [0.717, 1.165) is 35.7 Å². The lowest BCUT2D eigenvalue weighted by atomic mass is 9.74. The molecule has 1 heterocycles. The fourth-order valence-electron chi connectivity index (χ4n) is 8.17. The van der Waals surface area contributed by atoms with Gasteiger partial charge in [-0.3, -0.25) is 9.59 Å². The minimum absolute atomic E-state index is 0.0274. The normalized spacial score (nSPS) is 33.7. The summed E-state index contributed by atoms with van der Waals surface area (Å²) in [4.78, 5) is 26.2. The quantitative estimate of drug-likeness (QED) is 0.365. The highest BCUT2D eigenvalue weighted by Gasteiger charge is 2.74. The lowest BCUT2D eigenvalue weighted by Gasteiger charge is -2.32. The van der Waals surface area contributed by atoms with Gasteiger partial charge in [-0.1, -0.05) is 48.6 Å². The van der Waals surface area contributed by atoms with Crippen molar-refractivity contribution < 1.29 is 14.7 Å². The van der Waals surface area contributed by atoms with E-state index in [-0.39, 0.29) is 34.9 Å². The maximum absolute atomic E-state index is 13.3. The molecular formula is C34H33N3O3. The highest BCUT2D eigenvalue weighted by molar-refractivity contribution is 6.06. The molecule has 6 nitrogen and oxygen atoms in total. The molecule has 5 aliphatic carbocycles. The van der Waals surface area contributed by atoms with Gasteiger partial charge in [0.2, 0.25) is 5.91 Å². The van der Waals surface area contributed by atoms with Crippen molar-refractivity contribution in [1.82, 2.24) is 5.32 Å². The molecule has 40 heavy (non-hydrogen) atoms. The number of hydrogen-bond acceptors (Lipinski definition) is 4. The molecule has 6 heteroatoms. The van der Waals surface area contributed by atoms with Gasteiger partial charge in [0.05, 0.1) is 11.5 Å². The molecule has 2 aromatic rings. The van der Waals surface area contributed by atoms with E-state index in [2.05, 4.69) is 28.1 Å². The van der Waals surface area contributed by atoms with Crippen LogP contribution >= 0.6 is 0 Å². The van der Waals surface area contributed by atoms with Crippen molar-refractivity contribution in [3.63, 3.8) is 0 Å². The van der Waals surface area contributed by atoms with E-state index < -0.39 is 0 Å². The lowest BCUT2D eigenvalue weighted by molar-refractivity contribution is -0.121. The number of aromatic hydroxyl groups is 1. The number of anilines is 2. The third-order valence-corrected chi connectivity index (χ3v) is 10.3. The van der Waals surface area contributed by atoms with Crippen LogP contribution in [-0.2, 0) is 9.59 Å². The second-order valence-corrected chi connectivity index (χ2v) is 12.7. The van der Waals surface area contributed by atoms with Crippen molar-refractivity contribution in [2.24, 2.45) is 28.6 Å². The Bertz CT molecular complexity index is 1620. The number of benzene rings is 2. The van der Waals surface area contributed by atoms with Gasteiger partial charge in [0.15, 0.2) is 0 Å². The molecule has 202 valence electrons. The molecule has 2 aromatic carbocycles. The first-order valence-electron chi connectivity index (χ1n) is 14.5. The Morgan fingerprint density at radius 1 is 1.07 bits per heavy atom. The summed E-state index contributed by atoms with van der Waals surface area (Å²) in [6, 6.07) is 13.2. The van der Waals surface area contributed by atoms with Crippen molar-refractivity contribution in [2.45, 2.75) is 45.1 Å². The number of phenolic OH excluding ortho intramolecular Hbond substituents is 1. The number of carbonyl (C=O) groups is 2. The minimum Gasteiger partial charge on any atom is -0.507 e. The SMILES string of the molecule is Cc1ccccc1NC(=O)C1=CC2CC=C(c3ccc(NC(=O)C45C=C4C46CC(CC4C6)C5)cc3O)NC2C=C1. The summed E-state index contributed by atoms with van der Waals surface area (Å²) in [5.41, 5.74) is 6.07. The Kier molecular flexibility index (Phi) is 4.89. The number of hydrogen-bond donors (Lipinski definition) is 4. The van der Waals surface area contributed by atoms with Gasteiger partial charge < -0.3 is 21.1 Å². The average Bonchev–Trinajstić information content (AvgIpc) is 3.83. The van der Waals surface area contributed by atoms with Crippen LogP contribution in [0.1, 0.15) is 43.2 Å². The molecule has 6 aliphatic rings. The first-order chi connectivity index (χ1) is 19.3. The van der Waals surface area contributed by atoms with E-state index in [1.165, 1.54) is 24.8 Å². The van der Waals surface area contributed by atoms with Crippen molar-refractivity contribution in [1.29, 1.82) is 0 Å². The van der Waals surface area contributed by atoms with Gasteiger partial charge in [0, 0.05) is 40.2 Å². The van der Waals surface area contributed by atoms with Crippen molar-refractivity contribution in [3.05, 3.63) is 95.1 Å². The molecule has 0 aromatic heterocycles. The summed E-state index contributed by atoms with van der Waals surface area (Å²) in [5.74, 6) is 1.72. The summed E-state index contributed by atoms with van der Waals surface area (Å²) in [6.45, 7) is 1.98. The zero-order valence-electron chi connectivity index (χ0n) is 22.5. The van der Waals surface area contributed by atoms with Gasteiger partial charge in [-0.15, -0.1) is 0 Å². The number of amides is 2. The fraction of sp³-hybridized carbons (Fsp3) is 0.353. The van der Waals surface area contributed by atoms with Gasteiger partial charge in [-0.25, -0.2) is 0 Å². The minimum atomic E-state index is -0.374. The van der Waals surface area contributed by atoms with E-state index in [0.29, 0.717) is 28.2 Å². The Morgan fingerprint density at radius 3 is 2.80 bits per heavy atom. The van der Waals surface area contributed by atoms with Crippen LogP contribution in [0.4, 0.5) is 11.4 Å². The van der Waals surface area contributed by atoms with Crippen LogP contribution in [0.15, 0.2) is 84.0 Å². The third kappa shape index (κ3) is 3.54. The van der Waals surface area contributed by atoms with Gasteiger partial charge in [0.25, 0.3) is 5.91 Å². The fourth-order valence-corrected chi connectivity index (χ4v) is 8.17. The molecule has 3 fully saturated rings. The number of para-hydroxylation sites is 1. The van der Waals surface area contributed by atoms with Crippen molar-refractivity contribution in [3.8, 4) is 5.75 Å². The summed E-state index contributed by atoms with van der Waals surface area (Å²) < 4.78 is 0. The van der Waals surface area contributed by atoms with E-state index in [1.807, 2.05) is 61.5 Å². The lowest BCUT2D eigenvalue weighted by Crippen LogP contribution is -2.37. The largest absolute Gasteiger partial charge is 0.507 e. The molecule has 0 saturated heterocycles. The summed E-state index contributed by atoms with van der Waals surface area (Å²) in [6.07, 6.45) is 15.8. The number of nitrogens with one attached hydrogen (secondary N) is 3. The van der Waals surface area contributed by atoms with E-state index in [4.69, 9.17) is 0 Å². The van der Waals surface area contributed by atoms with Gasteiger partial charge in [-0.2, -0.15) is 0 Å². The zero-order chi connectivity index (χ0) is 27.2. The van der Waals surface area contributed by atoms with Crippen LogP contribution in [0, 0.1) is 35.5 Å². The van der Waals surface area contributed by atoms with Crippen LogP contribution in [-0.4, -0.2) is 23.0 Å². The Balaban J connectivity index is 0.937. The first kappa shape index (κ1) is 23.8. The van der Waals surface area contributed by atoms with Crippen molar-refractivity contribution >= 4 is 28.9 Å². The predicted molar refractivity (Wildman–Crippen MR) is 155 cm³/mol. The smallest absolute Gasteiger partial charge is 0.255 e. The standard InChI is InChI=1S/C34H33N3O3/c1-19-4-2-3-5-26(19)37-31(39)22-7-10-27-21(13-22)6-11-28(36-27)25-9-8-24(14-29(25)38)35-32(40)34-16-20-12-23-17-33(23,15-20)30(34)18-34/h2-5,7-11,13-14,18,20-21,23,27,36,38H,6,12,15-17H2,1H3,(H,35,40)(H,37,39). The molecule has 0 radical (unpaired) electrons. The molecular weight excluding hydrogens is 498 g/mol. The van der Waals surface area contributed by atoms with Gasteiger partial charge >= 0.3 is 0 Å². The third-order valence-electron chi connectivity index (χ3n) is 10.3. The number of allylic oxidation sites excluding steroid dienone is 1. The number of rotatable bonds is 5. The molecule has 2 bridgehead atoms. The van der Waals surface area contributed by atoms with E-state index >= 15 is 0 Å². The summed E-state index contributed by atoms with van der Waals surface area (Å²) in [5, 5.41) is 20.6. The van der Waals surface area contributed by atoms with Crippen LogP contribution in [0.3, 0.4) is 0 Å². The van der Waals surface area contributed by atoms with E-state index in [9.17, 15) is 14.7 Å². The Hall–Kier alpha value is -4.06. The molecule has 4 N–H and O–H groups in total. The van der Waals surface area contributed by atoms with Crippen molar-refractivity contribution in [2.75, 3.05) is 10.6 Å². The number of fused-ring (bicyclic) bond motifs is 3. The molecule has 6 unspecified atom stereocenters. The summed E-state index contributed by atoms with van der Waals surface area (Å²) in [7, 11) is 0. The van der Waals surface area contributed by atoms with Crippen LogP contribution in [0.2, 0.25) is 0 Å². The molecule has 8 rings (SSSR count). The Labute approximate surface area is 233 Å². The molecule has 6 atom stereocenters. The van der Waals surface area contributed by atoms with Crippen LogP contribution < -0.4 is 16.0 Å². The van der Waals surface area contributed by atoms with Crippen LogP contribution in [0.5, 0.6) is 5.75 Å². The molecule has 1 spiro atoms. The Morgan fingerprint density at radius 2 is 1.95 bits per heavy atom. The average molecular weight is 532 g/mol.